The van der Waals surface area contributed by atoms with Gasteiger partial charge >= 0.3 is 0 Å². The molecule has 12 rings (SSSR count). The standard InChI is InChI=1S/4C17H22N.2C16H20N/c2*1-12(2)16-10-17(18(5)11-14(16)4)15-9-7-6-8-13(15)3;2*1-12(2)16-11-18(5)17(10-14(16)4)15-9-7-6-8-13(15)3;1-5-14-10-16(17(4)11-13(14)3)15-9-7-6-8-12(15)2;1-5-14-11-17(4)16(10-13(14)3)15-9-7-6-8-12(15)2/h4*6-12H,1-5H3;2*6-11H,5H2,1-4H3/q6*+1/i1D3,4D3,12D;4D3,12D;1D3,12D;12D;;. The summed E-state index contributed by atoms with van der Waals surface area (Å²) in [6.45, 7) is 25.5. The molecule has 0 bridgehead atoms. The van der Waals surface area contributed by atoms with Crippen molar-refractivity contribution < 1.29 is 49.3 Å². The van der Waals surface area contributed by atoms with Crippen LogP contribution in [-0.4, -0.2) is 0 Å². The molecule has 2 atom stereocenters. The fourth-order valence-electron chi connectivity index (χ4n) is 13.6. The molecule has 2 unspecified atom stereocenters. The Kier molecular flexibility index (Phi) is 22.7. The van der Waals surface area contributed by atoms with E-state index in [-0.39, 0.29) is 16.7 Å². The van der Waals surface area contributed by atoms with Crippen molar-refractivity contribution in [2.75, 3.05) is 0 Å². The van der Waals surface area contributed by atoms with Crippen molar-refractivity contribution in [1.29, 1.82) is 0 Å². The van der Waals surface area contributed by atoms with Crippen LogP contribution in [0.25, 0.3) is 67.5 Å². The Morgan fingerprint density at radius 3 is 0.792 bits per heavy atom. The normalized spacial score (nSPS) is 14.9. The van der Waals surface area contributed by atoms with Gasteiger partial charge in [0.25, 0.3) is 0 Å². The van der Waals surface area contributed by atoms with Crippen molar-refractivity contribution in [2.45, 2.75) is 188 Å². The van der Waals surface area contributed by atoms with Gasteiger partial charge in [-0.25, -0.2) is 27.4 Å². The van der Waals surface area contributed by atoms with Crippen molar-refractivity contribution in [2.24, 2.45) is 42.3 Å². The van der Waals surface area contributed by atoms with Gasteiger partial charge in [-0.3, -0.25) is 0 Å². The number of rotatable bonds is 12. The Balaban J connectivity index is 0.000000202. The Bertz CT molecular complexity index is 5680. The third kappa shape index (κ3) is 21.3. The van der Waals surface area contributed by atoms with Gasteiger partial charge in [0.15, 0.2) is 37.2 Å². The molecule has 552 valence electrons. The summed E-state index contributed by atoms with van der Waals surface area (Å²) >= 11 is 0. The lowest BCUT2D eigenvalue weighted by Gasteiger charge is -2.11. The number of aryl methyl sites for hydroxylation is 20. The molecule has 0 aliphatic carbocycles. The molecule has 0 spiro atoms. The summed E-state index contributed by atoms with van der Waals surface area (Å²) in [7, 11) is 11.8. The van der Waals surface area contributed by atoms with Crippen molar-refractivity contribution >= 4 is 0 Å². The third-order valence-electron chi connectivity index (χ3n) is 19.9. The van der Waals surface area contributed by atoms with Gasteiger partial charge in [-0.2, -0.15) is 0 Å². The molecule has 0 N–H and O–H groups in total. The van der Waals surface area contributed by atoms with E-state index in [1.807, 2.05) is 137 Å². The zero-order valence-corrected chi connectivity index (χ0v) is 67.9. The van der Waals surface area contributed by atoms with Crippen LogP contribution in [0.5, 0.6) is 0 Å². The molecule has 0 aliphatic rings. The minimum absolute atomic E-state index is 0.00357. The molecule has 106 heavy (non-hydrogen) atoms. The first kappa shape index (κ1) is 62.4. The van der Waals surface area contributed by atoms with Crippen LogP contribution in [0.15, 0.2) is 219 Å². The van der Waals surface area contributed by atoms with Gasteiger partial charge in [-0.1, -0.05) is 178 Å². The second kappa shape index (κ2) is 38.5. The van der Waals surface area contributed by atoms with Crippen molar-refractivity contribution in [3.63, 3.8) is 0 Å². The lowest BCUT2D eigenvalue weighted by Crippen LogP contribution is -2.32. The first-order valence-corrected chi connectivity index (χ1v) is 36.9. The highest BCUT2D eigenvalue weighted by molar-refractivity contribution is 5.66. The fourth-order valence-corrected chi connectivity index (χ4v) is 13.6. The summed E-state index contributed by atoms with van der Waals surface area (Å²) in [5, 5.41) is 0. The van der Waals surface area contributed by atoms with Crippen molar-refractivity contribution in [1.82, 2.24) is 0 Å². The lowest BCUT2D eigenvalue weighted by molar-refractivity contribution is -0.661. The molecular formula is C100H128N6+6. The van der Waals surface area contributed by atoms with E-state index in [9.17, 15) is 0 Å². The van der Waals surface area contributed by atoms with Crippen LogP contribution < -0.4 is 27.4 Å². The van der Waals surface area contributed by atoms with E-state index in [0.29, 0.717) is 16.8 Å². The minimum atomic E-state index is -2.66. The average Bonchev–Trinajstić information content (AvgIpc) is 0.757. The second-order valence-electron chi connectivity index (χ2n) is 28.7. The Morgan fingerprint density at radius 2 is 0.500 bits per heavy atom. The third-order valence-corrected chi connectivity index (χ3v) is 19.9. The van der Waals surface area contributed by atoms with Crippen LogP contribution in [0.1, 0.15) is 215 Å². The molecule has 0 saturated carbocycles. The predicted molar refractivity (Wildman–Crippen MR) is 450 cm³/mol. The van der Waals surface area contributed by atoms with Crippen molar-refractivity contribution in [3.8, 4) is 67.5 Å². The highest BCUT2D eigenvalue weighted by Gasteiger charge is 2.23. The SMILES string of the molecule is CCc1c[n+](C)c(-c2ccccc2C)cc1C.CCc1cc(-c2ccccc2C)[n+](C)cc1C.[2H]C(C)(C)c1c[n+](C)c(-c2ccccc2C)cc1C.[2H]C([2H])([2H])C([2H])(C)c1c[n+](C)c(-c2ccccc2C)cc1C.[2H]C([2H])([2H])c1c[n+](C)c(-c2ccccc2C)cc1C([2H])(C)C.[2H]C([2H])([2H])c1c[n+](C)c(-c2ccccc2C)cc1C([2H])(C)C([2H])([2H])[2H]. The maximum Gasteiger partial charge on any atom is 0.212 e. The van der Waals surface area contributed by atoms with E-state index < -0.39 is 51.0 Å². The molecule has 12 aromatic rings. The zero-order chi connectivity index (χ0) is 91.7. The molecule has 0 amide bonds. The second-order valence-corrected chi connectivity index (χ2v) is 28.7. The van der Waals surface area contributed by atoms with Crippen LogP contribution in [0.3, 0.4) is 0 Å². The number of pyridine rings is 6. The maximum atomic E-state index is 8.40. The van der Waals surface area contributed by atoms with E-state index in [1.165, 1.54) is 104 Å². The van der Waals surface area contributed by atoms with Crippen LogP contribution >= 0.6 is 0 Å². The van der Waals surface area contributed by atoms with Gasteiger partial charge in [-0.05, 0) is 223 Å². The average molecular weight is 1430 g/mol. The molecule has 0 aliphatic heterocycles. The number of benzene rings is 6. The first-order valence-electron chi connectivity index (χ1n) is 44.9. The fraction of sp³-hybridized carbons (Fsp3) is 0.340. The van der Waals surface area contributed by atoms with Crippen LogP contribution in [-0.2, 0) is 55.1 Å². The van der Waals surface area contributed by atoms with Gasteiger partial charge in [-0.15, -0.1) is 0 Å². The highest BCUT2D eigenvalue weighted by atomic mass is 14.9. The summed E-state index contributed by atoms with van der Waals surface area (Å²) < 4.78 is 138. The molecule has 6 aromatic heterocycles. The molecule has 6 heterocycles. The van der Waals surface area contributed by atoms with E-state index in [1.54, 1.807) is 37.9 Å². The Hall–Kier alpha value is -9.78. The summed E-state index contributed by atoms with van der Waals surface area (Å²) in [4.78, 5) is 0. The summed E-state index contributed by atoms with van der Waals surface area (Å²) in [6, 6.07) is 61.3. The van der Waals surface area contributed by atoms with Gasteiger partial charge in [0.2, 0.25) is 34.2 Å². The summed E-state index contributed by atoms with van der Waals surface area (Å²) in [5.41, 5.74) is 30.4. The maximum absolute atomic E-state index is 8.40. The molecule has 0 saturated heterocycles. The minimum Gasteiger partial charge on any atom is -0.201 e. The summed E-state index contributed by atoms with van der Waals surface area (Å²) in [5.74, 6) is -5.21. The molecule has 6 nitrogen and oxygen atoms in total. The number of hydrogen-bond acceptors (Lipinski definition) is 0. The summed E-state index contributed by atoms with van der Waals surface area (Å²) in [6.07, 6.45) is 13.6. The Morgan fingerprint density at radius 1 is 0.255 bits per heavy atom. The quantitative estimate of drug-likeness (QED) is 0.109. The predicted octanol–water partition coefficient (Wildman–Crippen LogP) is 22.4. The van der Waals surface area contributed by atoms with Gasteiger partial charge < -0.3 is 0 Å². The highest BCUT2D eigenvalue weighted by Crippen LogP contribution is 2.31. The van der Waals surface area contributed by atoms with Gasteiger partial charge in [0.05, 0.1) is 0 Å². The first-order chi connectivity index (χ1) is 56.4. The topological polar surface area (TPSA) is 23.3 Å². The van der Waals surface area contributed by atoms with Gasteiger partial charge in [0, 0.05) is 125 Å². The molecular weight excluding hydrogens is 1290 g/mol. The van der Waals surface area contributed by atoms with E-state index >= 15 is 0 Å². The monoisotopic (exact) mass is 1430 g/mol. The van der Waals surface area contributed by atoms with Crippen LogP contribution in [0.4, 0.5) is 0 Å². The van der Waals surface area contributed by atoms with Gasteiger partial charge in [0.1, 0.15) is 42.3 Å². The van der Waals surface area contributed by atoms with Crippen LogP contribution in [0, 0.1) is 82.9 Å². The number of nitrogens with zero attached hydrogens (tertiary/aromatic N) is 6. The number of hydrogen-bond donors (Lipinski definition) is 0. The largest absolute Gasteiger partial charge is 0.212 e. The molecule has 0 fully saturated rings. The van der Waals surface area contributed by atoms with Crippen molar-refractivity contribution in [3.05, 3.63) is 319 Å². The van der Waals surface area contributed by atoms with E-state index in [0.717, 1.165) is 68.7 Å². The molecule has 6 aromatic carbocycles. The lowest BCUT2D eigenvalue weighted by atomic mass is 9.96. The Labute approximate surface area is 664 Å². The smallest absolute Gasteiger partial charge is 0.201 e. The molecule has 6 heteroatoms. The molecule has 0 radical (unpaired) electrons. The van der Waals surface area contributed by atoms with E-state index in [4.69, 9.17) is 21.9 Å². The number of aromatic nitrogens is 6. The zero-order valence-electron chi connectivity index (χ0n) is 83.9. The van der Waals surface area contributed by atoms with E-state index in [2.05, 4.69) is 213 Å². The van der Waals surface area contributed by atoms with Crippen LogP contribution in [0.2, 0.25) is 0 Å².